The second-order valence-electron chi connectivity index (χ2n) is 10.6. The van der Waals surface area contributed by atoms with Gasteiger partial charge < -0.3 is 9.75 Å². The van der Waals surface area contributed by atoms with E-state index in [4.69, 9.17) is 33.8 Å². The van der Waals surface area contributed by atoms with E-state index in [1.54, 1.807) is 65.7 Å². The number of allylic oxidation sites excluding steroid dienone is 3. The highest BCUT2D eigenvalue weighted by Gasteiger charge is 2.32. The van der Waals surface area contributed by atoms with E-state index >= 15 is 0 Å². The molecule has 5 rings (SSSR count). The average molecular weight is 684 g/mol. The number of nitrogens with zero attached hydrogens (tertiary/aromatic N) is 5. The third kappa shape index (κ3) is 7.92. The summed E-state index contributed by atoms with van der Waals surface area (Å²) in [4.78, 5) is 12.7. The van der Waals surface area contributed by atoms with Crippen LogP contribution in [0.15, 0.2) is 90.0 Å². The normalized spacial score (nSPS) is 14.6. The van der Waals surface area contributed by atoms with Crippen LogP contribution in [0.3, 0.4) is 0 Å². The van der Waals surface area contributed by atoms with Crippen molar-refractivity contribution in [1.82, 2.24) is 29.9 Å². The number of benzene rings is 3. The first kappa shape index (κ1) is 33.1. The highest BCUT2D eigenvalue weighted by atomic mass is 35.5. The Labute approximate surface area is 276 Å². The summed E-state index contributed by atoms with van der Waals surface area (Å²) in [7, 11) is -2.22. The standard InChI is InChI=1S/C31H32Cl2N8O4S/c1-20(24-15-25(32)17-26(33)16-24)14-29(22-10-12-40(13-11-22)46(43,44)28-5-3-4-27(18-28)45-2)41(34)19-21-6-8-23(9-7-21)30(42)35-31-36-38-39-37-31/h3-9,14-18,22H,1,10-13,19,34H2,2H3,(H2,35,36,37,38,39,42)/b29-14-. The van der Waals surface area contributed by atoms with Crippen LogP contribution >= 0.6 is 23.2 Å². The van der Waals surface area contributed by atoms with Crippen LogP contribution in [0.25, 0.3) is 5.57 Å². The Morgan fingerprint density at radius 3 is 2.43 bits per heavy atom. The molecule has 0 radical (unpaired) electrons. The zero-order valence-corrected chi connectivity index (χ0v) is 27.2. The van der Waals surface area contributed by atoms with Crippen LogP contribution in [0.5, 0.6) is 5.75 Å². The maximum absolute atomic E-state index is 13.4. The fourth-order valence-corrected chi connectivity index (χ4v) is 7.21. The second kappa shape index (κ2) is 14.4. The van der Waals surface area contributed by atoms with Crippen molar-refractivity contribution in [3.8, 4) is 5.75 Å². The summed E-state index contributed by atoms with van der Waals surface area (Å²) in [5, 5.41) is 18.3. The van der Waals surface area contributed by atoms with Gasteiger partial charge in [-0.2, -0.15) is 9.52 Å². The van der Waals surface area contributed by atoms with Crippen molar-refractivity contribution >= 4 is 50.7 Å². The van der Waals surface area contributed by atoms with E-state index in [1.165, 1.54) is 17.5 Å². The monoisotopic (exact) mass is 682 g/mol. The molecule has 1 amide bonds. The molecule has 3 aromatic carbocycles. The molecule has 240 valence electrons. The number of carbonyl (C=O) groups excluding carboxylic acids is 1. The summed E-state index contributed by atoms with van der Waals surface area (Å²) in [6.45, 7) is 5.16. The predicted molar refractivity (Wildman–Crippen MR) is 176 cm³/mol. The van der Waals surface area contributed by atoms with Gasteiger partial charge in [-0.15, -0.1) is 5.10 Å². The number of hydrogen-bond acceptors (Lipinski definition) is 9. The van der Waals surface area contributed by atoms with E-state index in [9.17, 15) is 13.2 Å². The number of aromatic amines is 1. The van der Waals surface area contributed by atoms with Gasteiger partial charge in [0.2, 0.25) is 10.0 Å². The van der Waals surface area contributed by atoms with Crippen LogP contribution in [0.1, 0.15) is 34.3 Å². The number of hydrazine groups is 1. The summed E-state index contributed by atoms with van der Waals surface area (Å²) >= 11 is 12.5. The Morgan fingerprint density at radius 1 is 1.11 bits per heavy atom. The van der Waals surface area contributed by atoms with Crippen LogP contribution in [0.2, 0.25) is 10.0 Å². The van der Waals surface area contributed by atoms with Gasteiger partial charge in [0.25, 0.3) is 11.9 Å². The number of rotatable bonds is 11. The van der Waals surface area contributed by atoms with Gasteiger partial charge in [0.15, 0.2) is 0 Å². The second-order valence-corrected chi connectivity index (χ2v) is 13.4. The maximum Gasteiger partial charge on any atom is 0.270 e. The lowest BCUT2D eigenvalue weighted by atomic mass is 9.91. The van der Waals surface area contributed by atoms with Gasteiger partial charge >= 0.3 is 0 Å². The quantitative estimate of drug-likeness (QED) is 0.111. The maximum atomic E-state index is 13.4. The number of piperidine rings is 1. The van der Waals surface area contributed by atoms with Crippen molar-refractivity contribution in [1.29, 1.82) is 0 Å². The summed E-state index contributed by atoms with van der Waals surface area (Å²) in [5.41, 5.74) is 3.41. The highest BCUT2D eigenvalue weighted by Crippen LogP contribution is 2.33. The summed E-state index contributed by atoms with van der Waals surface area (Å²) in [6.07, 6.45) is 2.95. The molecular weight excluding hydrogens is 651 g/mol. The van der Waals surface area contributed by atoms with Crippen molar-refractivity contribution in [3.05, 3.63) is 112 Å². The fraction of sp³-hybridized carbons (Fsp3) is 0.226. The first-order valence-corrected chi connectivity index (χ1v) is 16.4. The van der Waals surface area contributed by atoms with Gasteiger partial charge in [-0.1, -0.05) is 53.1 Å². The number of H-pyrrole nitrogens is 1. The molecule has 2 heterocycles. The van der Waals surface area contributed by atoms with E-state index in [0.29, 0.717) is 59.4 Å². The number of ether oxygens (including phenoxy) is 1. The molecule has 0 aliphatic carbocycles. The molecule has 0 unspecified atom stereocenters. The molecule has 1 aromatic heterocycles. The van der Waals surface area contributed by atoms with Gasteiger partial charge in [0, 0.05) is 46.4 Å². The van der Waals surface area contributed by atoms with E-state index in [0.717, 1.165) is 16.8 Å². The number of sulfonamides is 1. The van der Waals surface area contributed by atoms with E-state index in [2.05, 4.69) is 32.5 Å². The first-order chi connectivity index (χ1) is 22.0. The lowest BCUT2D eigenvalue weighted by Gasteiger charge is -2.36. The summed E-state index contributed by atoms with van der Waals surface area (Å²) < 4.78 is 33.6. The Bertz CT molecular complexity index is 1820. The minimum atomic E-state index is -3.72. The number of nitrogens with one attached hydrogen (secondary N) is 2. The molecule has 15 heteroatoms. The molecule has 1 aliphatic rings. The molecule has 1 saturated heterocycles. The number of methoxy groups -OCH3 is 1. The number of hydrogen-bond donors (Lipinski definition) is 3. The molecule has 1 aliphatic heterocycles. The molecule has 0 bridgehead atoms. The SMILES string of the molecule is C=C(/C=C(/C1CCN(S(=O)(=O)c2cccc(OC)c2)CC1)N(N)Cc1ccc(C(=O)Nc2nn[nH]n2)cc1)c1cc(Cl)cc(Cl)c1. The van der Waals surface area contributed by atoms with Crippen LogP contribution in [0, 0.1) is 5.92 Å². The average Bonchev–Trinajstić information content (AvgIpc) is 3.56. The highest BCUT2D eigenvalue weighted by molar-refractivity contribution is 7.89. The molecule has 0 spiro atoms. The van der Waals surface area contributed by atoms with Crippen molar-refractivity contribution in [2.75, 3.05) is 25.5 Å². The number of carbonyl (C=O) groups is 1. The van der Waals surface area contributed by atoms with E-state index < -0.39 is 10.0 Å². The lowest BCUT2D eigenvalue weighted by Crippen LogP contribution is -2.42. The van der Waals surface area contributed by atoms with E-state index in [1.807, 2.05) is 6.08 Å². The van der Waals surface area contributed by atoms with Gasteiger partial charge in [0.1, 0.15) is 5.75 Å². The lowest BCUT2D eigenvalue weighted by molar-refractivity contribution is 0.102. The van der Waals surface area contributed by atoms with Crippen molar-refractivity contribution in [2.24, 2.45) is 11.8 Å². The topological polar surface area (TPSA) is 159 Å². The summed E-state index contributed by atoms with van der Waals surface area (Å²) in [5.74, 6) is 6.80. The third-order valence-corrected chi connectivity index (χ3v) is 9.91. The Balaban J connectivity index is 1.35. The Hall–Kier alpha value is -4.27. The Morgan fingerprint density at radius 2 is 1.80 bits per heavy atom. The van der Waals surface area contributed by atoms with Gasteiger partial charge in [-0.25, -0.2) is 14.3 Å². The predicted octanol–water partition coefficient (Wildman–Crippen LogP) is 5.14. The molecule has 1 fully saturated rings. The zero-order valence-electron chi connectivity index (χ0n) is 24.9. The van der Waals surface area contributed by atoms with Crippen LogP contribution in [-0.2, 0) is 16.6 Å². The number of tetrazole rings is 1. The number of amides is 1. The summed E-state index contributed by atoms with van der Waals surface area (Å²) in [6, 6.07) is 18.6. The number of nitrogens with two attached hydrogens (primary N) is 1. The molecule has 46 heavy (non-hydrogen) atoms. The smallest absolute Gasteiger partial charge is 0.270 e. The molecule has 4 N–H and O–H groups in total. The van der Waals surface area contributed by atoms with Crippen LogP contribution in [0.4, 0.5) is 5.95 Å². The van der Waals surface area contributed by atoms with Gasteiger partial charge in [-0.05, 0) is 83.3 Å². The largest absolute Gasteiger partial charge is 0.497 e. The minimum absolute atomic E-state index is 0.0700. The molecular formula is C31H32Cl2N8O4S. The van der Waals surface area contributed by atoms with Gasteiger partial charge in [-0.3, -0.25) is 10.1 Å². The Kier molecular flexibility index (Phi) is 10.4. The molecule has 0 saturated carbocycles. The number of halogens is 2. The third-order valence-electron chi connectivity index (χ3n) is 7.58. The minimum Gasteiger partial charge on any atom is -0.497 e. The fourth-order valence-electron chi connectivity index (χ4n) is 5.18. The number of aromatic nitrogens is 4. The molecule has 12 nitrogen and oxygen atoms in total. The van der Waals surface area contributed by atoms with Crippen LogP contribution < -0.4 is 15.9 Å². The van der Waals surface area contributed by atoms with Crippen LogP contribution in [-0.4, -0.2) is 64.5 Å². The van der Waals surface area contributed by atoms with Gasteiger partial charge in [0.05, 0.1) is 18.6 Å². The molecule has 0 atom stereocenters. The van der Waals surface area contributed by atoms with Crippen molar-refractivity contribution in [3.63, 3.8) is 0 Å². The number of anilines is 1. The zero-order chi connectivity index (χ0) is 32.8. The van der Waals surface area contributed by atoms with Crippen molar-refractivity contribution < 1.29 is 17.9 Å². The molecule has 4 aromatic rings. The van der Waals surface area contributed by atoms with E-state index in [-0.39, 0.29) is 22.7 Å². The first-order valence-electron chi connectivity index (χ1n) is 14.2. The van der Waals surface area contributed by atoms with Crippen molar-refractivity contribution in [2.45, 2.75) is 24.3 Å².